The second kappa shape index (κ2) is 8.15. The first-order chi connectivity index (χ1) is 9.08. The Morgan fingerprint density at radius 1 is 1.42 bits per heavy atom. The lowest BCUT2D eigenvalue weighted by Crippen LogP contribution is -2.45. The summed E-state index contributed by atoms with van der Waals surface area (Å²) in [5, 5.41) is 0. The molecule has 1 rings (SSSR count). The number of methoxy groups -OCH3 is 1. The molecule has 0 saturated carbocycles. The number of likely N-dealkylation sites (tertiary alicyclic amines) is 1. The standard InChI is InChI=1S/C14H26N2O3/c1-11(10-15)6-7-13(17)16-8-4-3-5-12(16)9-14(18)19-2/h11-12H,3-10,15H2,1-2H3. The molecule has 1 aliphatic heterocycles. The molecule has 2 unspecified atom stereocenters. The van der Waals surface area contributed by atoms with Crippen LogP contribution in [0.2, 0.25) is 0 Å². The number of rotatable bonds is 6. The molecule has 2 N–H and O–H groups in total. The normalized spacial score (nSPS) is 21.0. The Bertz CT molecular complexity index is 307. The second-order valence-electron chi connectivity index (χ2n) is 5.40. The highest BCUT2D eigenvalue weighted by atomic mass is 16.5. The summed E-state index contributed by atoms with van der Waals surface area (Å²) >= 11 is 0. The third kappa shape index (κ3) is 5.19. The Hall–Kier alpha value is -1.10. The third-order valence-electron chi connectivity index (χ3n) is 3.83. The molecule has 1 amide bonds. The van der Waals surface area contributed by atoms with Crippen LogP contribution in [0.15, 0.2) is 0 Å². The van der Waals surface area contributed by atoms with Crippen LogP contribution >= 0.6 is 0 Å². The van der Waals surface area contributed by atoms with Crippen molar-refractivity contribution in [3.63, 3.8) is 0 Å². The van der Waals surface area contributed by atoms with Gasteiger partial charge in [-0.15, -0.1) is 0 Å². The fraction of sp³-hybridized carbons (Fsp3) is 0.857. The van der Waals surface area contributed by atoms with Crippen molar-refractivity contribution >= 4 is 11.9 Å². The summed E-state index contributed by atoms with van der Waals surface area (Å²) in [4.78, 5) is 25.5. The topological polar surface area (TPSA) is 72.6 Å². The summed E-state index contributed by atoms with van der Waals surface area (Å²) in [6, 6.07) is 0.0156. The number of nitrogens with two attached hydrogens (primary N) is 1. The molecule has 1 saturated heterocycles. The number of carbonyl (C=O) groups excluding carboxylic acids is 2. The second-order valence-corrected chi connectivity index (χ2v) is 5.40. The summed E-state index contributed by atoms with van der Waals surface area (Å²) in [5.74, 6) is 0.279. The van der Waals surface area contributed by atoms with Crippen molar-refractivity contribution in [3.8, 4) is 0 Å². The summed E-state index contributed by atoms with van der Waals surface area (Å²) in [6.45, 7) is 3.42. The molecule has 19 heavy (non-hydrogen) atoms. The van der Waals surface area contributed by atoms with Crippen LogP contribution in [-0.4, -0.2) is 43.0 Å². The smallest absolute Gasteiger partial charge is 0.307 e. The van der Waals surface area contributed by atoms with E-state index >= 15 is 0 Å². The minimum absolute atomic E-state index is 0.0156. The van der Waals surface area contributed by atoms with Gasteiger partial charge >= 0.3 is 5.97 Å². The maximum absolute atomic E-state index is 12.2. The molecule has 0 aliphatic carbocycles. The van der Waals surface area contributed by atoms with Crippen molar-refractivity contribution < 1.29 is 14.3 Å². The predicted octanol–water partition coefficient (Wildman–Crippen LogP) is 1.31. The highest BCUT2D eigenvalue weighted by molar-refractivity contribution is 5.78. The van der Waals surface area contributed by atoms with E-state index in [0.29, 0.717) is 25.3 Å². The first kappa shape index (κ1) is 16.0. The third-order valence-corrected chi connectivity index (χ3v) is 3.83. The number of ether oxygens (including phenoxy) is 1. The van der Waals surface area contributed by atoms with Gasteiger partial charge in [0.1, 0.15) is 0 Å². The molecule has 0 aromatic rings. The van der Waals surface area contributed by atoms with Crippen molar-refractivity contribution in [2.75, 3.05) is 20.2 Å². The number of nitrogens with zero attached hydrogens (tertiary/aromatic N) is 1. The van der Waals surface area contributed by atoms with Gasteiger partial charge < -0.3 is 15.4 Å². The molecular weight excluding hydrogens is 244 g/mol. The number of esters is 1. The molecule has 110 valence electrons. The van der Waals surface area contributed by atoms with Gasteiger partial charge in [0.15, 0.2) is 0 Å². The molecule has 5 heteroatoms. The fourth-order valence-corrected chi connectivity index (χ4v) is 2.45. The fourth-order valence-electron chi connectivity index (χ4n) is 2.45. The zero-order valence-electron chi connectivity index (χ0n) is 12.1. The van der Waals surface area contributed by atoms with E-state index in [4.69, 9.17) is 10.5 Å². The maximum atomic E-state index is 12.2. The van der Waals surface area contributed by atoms with Gasteiger partial charge in [0, 0.05) is 19.0 Å². The van der Waals surface area contributed by atoms with Crippen LogP contribution in [0.25, 0.3) is 0 Å². The van der Waals surface area contributed by atoms with E-state index in [1.807, 2.05) is 4.90 Å². The van der Waals surface area contributed by atoms with Gasteiger partial charge in [0.2, 0.25) is 5.91 Å². The molecule has 0 bridgehead atoms. The molecule has 2 atom stereocenters. The quantitative estimate of drug-likeness (QED) is 0.738. The van der Waals surface area contributed by atoms with E-state index in [2.05, 4.69) is 6.92 Å². The molecule has 0 spiro atoms. The number of hydrogen-bond acceptors (Lipinski definition) is 4. The van der Waals surface area contributed by atoms with E-state index < -0.39 is 0 Å². The molecule has 1 heterocycles. The average molecular weight is 270 g/mol. The van der Waals surface area contributed by atoms with Crippen LogP contribution in [-0.2, 0) is 14.3 Å². The number of piperidine rings is 1. The maximum Gasteiger partial charge on any atom is 0.307 e. The van der Waals surface area contributed by atoms with Gasteiger partial charge in [-0.3, -0.25) is 9.59 Å². The van der Waals surface area contributed by atoms with Crippen LogP contribution in [0.5, 0.6) is 0 Å². The van der Waals surface area contributed by atoms with E-state index in [0.717, 1.165) is 32.2 Å². The van der Waals surface area contributed by atoms with Gasteiger partial charge in [-0.2, -0.15) is 0 Å². The van der Waals surface area contributed by atoms with E-state index in [-0.39, 0.29) is 17.9 Å². The summed E-state index contributed by atoms with van der Waals surface area (Å²) in [6.07, 6.45) is 4.65. The highest BCUT2D eigenvalue weighted by Crippen LogP contribution is 2.21. The van der Waals surface area contributed by atoms with Crippen molar-refractivity contribution in [1.29, 1.82) is 0 Å². The SMILES string of the molecule is COC(=O)CC1CCCCN1C(=O)CCC(C)CN. The average Bonchev–Trinajstić information content (AvgIpc) is 2.44. The summed E-state index contributed by atoms with van der Waals surface area (Å²) in [7, 11) is 1.39. The van der Waals surface area contributed by atoms with Crippen LogP contribution < -0.4 is 5.73 Å². The predicted molar refractivity (Wildman–Crippen MR) is 73.4 cm³/mol. The summed E-state index contributed by atoms with van der Waals surface area (Å²) in [5.41, 5.74) is 5.56. The molecule has 1 fully saturated rings. The van der Waals surface area contributed by atoms with Crippen molar-refractivity contribution in [2.45, 2.75) is 51.5 Å². The highest BCUT2D eigenvalue weighted by Gasteiger charge is 2.28. The Morgan fingerprint density at radius 2 is 2.16 bits per heavy atom. The van der Waals surface area contributed by atoms with Crippen LogP contribution in [0.1, 0.15) is 45.4 Å². The molecule has 5 nitrogen and oxygen atoms in total. The zero-order valence-corrected chi connectivity index (χ0v) is 12.1. The number of hydrogen-bond donors (Lipinski definition) is 1. The zero-order chi connectivity index (χ0) is 14.3. The van der Waals surface area contributed by atoms with Crippen molar-refractivity contribution in [1.82, 2.24) is 4.90 Å². The number of amides is 1. The minimum atomic E-state index is -0.236. The molecule has 0 aromatic carbocycles. The van der Waals surface area contributed by atoms with Gasteiger partial charge in [0.05, 0.1) is 13.5 Å². The Balaban J connectivity index is 2.50. The molecular formula is C14H26N2O3. The Labute approximate surface area is 115 Å². The van der Waals surface area contributed by atoms with Gasteiger partial charge in [-0.1, -0.05) is 6.92 Å². The monoisotopic (exact) mass is 270 g/mol. The lowest BCUT2D eigenvalue weighted by atomic mass is 9.97. The molecule has 1 aliphatic rings. The van der Waals surface area contributed by atoms with Crippen molar-refractivity contribution in [3.05, 3.63) is 0 Å². The molecule has 0 aromatic heterocycles. The Kier molecular flexibility index (Phi) is 6.84. The van der Waals surface area contributed by atoms with Gasteiger partial charge in [-0.25, -0.2) is 0 Å². The van der Waals surface area contributed by atoms with Crippen LogP contribution in [0, 0.1) is 5.92 Å². The minimum Gasteiger partial charge on any atom is -0.469 e. The van der Waals surface area contributed by atoms with E-state index in [1.54, 1.807) is 0 Å². The first-order valence-corrected chi connectivity index (χ1v) is 7.14. The first-order valence-electron chi connectivity index (χ1n) is 7.14. The lowest BCUT2D eigenvalue weighted by molar-refractivity contribution is -0.144. The summed E-state index contributed by atoms with van der Waals surface area (Å²) < 4.78 is 4.70. The van der Waals surface area contributed by atoms with E-state index in [9.17, 15) is 9.59 Å². The van der Waals surface area contributed by atoms with Gasteiger partial charge in [-0.05, 0) is 38.1 Å². The van der Waals surface area contributed by atoms with Crippen molar-refractivity contribution in [2.24, 2.45) is 11.7 Å². The van der Waals surface area contributed by atoms with E-state index in [1.165, 1.54) is 7.11 Å². The largest absolute Gasteiger partial charge is 0.469 e. The molecule has 0 radical (unpaired) electrons. The Morgan fingerprint density at radius 3 is 2.79 bits per heavy atom. The van der Waals surface area contributed by atoms with Crippen LogP contribution in [0.4, 0.5) is 0 Å². The van der Waals surface area contributed by atoms with Crippen LogP contribution in [0.3, 0.4) is 0 Å². The lowest BCUT2D eigenvalue weighted by Gasteiger charge is -2.35. The number of carbonyl (C=O) groups is 2. The van der Waals surface area contributed by atoms with Gasteiger partial charge in [0.25, 0.3) is 0 Å².